The Bertz CT molecular complexity index is 1750. The van der Waals surface area contributed by atoms with Crippen molar-refractivity contribution < 1.29 is 76.3 Å². The Hall–Kier alpha value is -1.73. The summed E-state index contributed by atoms with van der Waals surface area (Å²) in [6, 6.07) is 12.6. The SMILES string of the molecule is CC#N.CC(=O)C(F)(F)S(=O)(=O)F.O=C1c2cc(Br)ccc2OC12CCC(O)CC2.O=C1c2cc(Br)ccc2OC12CCC(OC(F)F)CC2.[Cu][I]. The first-order valence-electron chi connectivity index (χ1n) is 15.2. The minimum absolute atomic E-state index is 0.0516. The molecule has 2 saturated carbocycles. The van der Waals surface area contributed by atoms with E-state index in [1.54, 1.807) is 38.5 Å². The number of nitriles is 1. The number of benzene rings is 2. The van der Waals surface area contributed by atoms with Crippen molar-refractivity contribution in [2.75, 3.05) is 0 Å². The summed E-state index contributed by atoms with van der Waals surface area (Å²) in [5.41, 5.74) is -0.364. The maximum atomic E-state index is 12.5. The van der Waals surface area contributed by atoms with Gasteiger partial charge in [0.1, 0.15) is 11.5 Å². The van der Waals surface area contributed by atoms with Crippen molar-refractivity contribution in [3.8, 4) is 17.6 Å². The molecule has 2 aliphatic heterocycles. The third-order valence-electron chi connectivity index (χ3n) is 8.33. The zero-order valence-electron chi connectivity index (χ0n) is 27.2. The number of aliphatic hydroxyl groups is 1. The Labute approximate surface area is 333 Å². The van der Waals surface area contributed by atoms with Crippen molar-refractivity contribution in [1.82, 2.24) is 0 Å². The number of hydrogen-bond acceptors (Lipinski definition) is 10. The van der Waals surface area contributed by atoms with Gasteiger partial charge in [-0.3, -0.25) is 14.4 Å². The van der Waals surface area contributed by atoms with Crippen LogP contribution in [0.1, 0.15) is 85.9 Å². The fourth-order valence-corrected chi connectivity index (χ4v) is 6.85. The van der Waals surface area contributed by atoms with Gasteiger partial charge in [-0.05, 0) is 87.8 Å². The van der Waals surface area contributed by atoms with E-state index < -0.39 is 45.2 Å². The van der Waals surface area contributed by atoms with Gasteiger partial charge in [-0.2, -0.15) is 31.2 Å². The molecule has 0 radical (unpaired) electrons. The van der Waals surface area contributed by atoms with E-state index in [9.17, 15) is 49.4 Å². The van der Waals surface area contributed by atoms with Crippen molar-refractivity contribution >= 4 is 79.8 Å². The van der Waals surface area contributed by atoms with E-state index in [4.69, 9.17) is 14.7 Å². The van der Waals surface area contributed by atoms with Crippen LogP contribution in [-0.4, -0.2) is 66.2 Å². The van der Waals surface area contributed by atoms with Crippen molar-refractivity contribution in [3.05, 3.63) is 56.5 Å². The number of carbonyl (C=O) groups excluding carboxylic acids is 3. The van der Waals surface area contributed by atoms with E-state index in [1.807, 2.05) is 24.3 Å². The Morgan fingerprint density at radius 2 is 1.33 bits per heavy atom. The number of rotatable bonds is 4. The molecule has 10 nitrogen and oxygen atoms in total. The number of fused-ring (bicyclic) bond motifs is 2. The molecule has 2 aromatic carbocycles. The van der Waals surface area contributed by atoms with Gasteiger partial charge in [0.15, 0.2) is 11.2 Å². The molecule has 20 heteroatoms. The summed E-state index contributed by atoms with van der Waals surface area (Å²) in [4.78, 5) is 34.7. The first-order valence-corrected chi connectivity index (χ1v) is 21.2. The van der Waals surface area contributed by atoms with Crippen LogP contribution in [0.15, 0.2) is 45.3 Å². The summed E-state index contributed by atoms with van der Waals surface area (Å²) < 4.78 is 96.2. The van der Waals surface area contributed by atoms with E-state index in [-0.39, 0.29) is 24.6 Å². The number of aliphatic hydroxyl groups excluding tert-OH is 1. The van der Waals surface area contributed by atoms with Gasteiger partial charge < -0.3 is 19.3 Å². The van der Waals surface area contributed by atoms with Gasteiger partial charge in [-0.1, -0.05) is 35.7 Å². The number of ketones is 3. The normalized spacial score (nSPS) is 24.2. The predicted octanol–water partition coefficient (Wildman–Crippen LogP) is 8.52. The summed E-state index contributed by atoms with van der Waals surface area (Å²) >= 11 is 12.6. The quantitative estimate of drug-likeness (QED) is 0.136. The second-order valence-corrected chi connectivity index (χ2v) is 14.9. The zero-order chi connectivity index (χ0) is 39.7. The monoisotopic (exact) mass is 1050 g/mol. The van der Waals surface area contributed by atoms with E-state index in [1.165, 1.54) is 6.92 Å². The summed E-state index contributed by atoms with van der Waals surface area (Å²) in [7, 11) is -6.08. The van der Waals surface area contributed by atoms with Gasteiger partial charge in [0.2, 0.25) is 17.3 Å². The van der Waals surface area contributed by atoms with Gasteiger partial charge in [-0.25, -0.2) is 0 Å². The van der Waals surface area contributed by atoms with Crippen LogP contribution >= 0.6 is 52.2 Å². The summed E-state index contributed by atoms with van der Waals surface area (Å²) in [6.07, 6.45) is 3.36. The molecule has 0 amide bonds. The summed E-state index contributed by atoms with van der Waals surface area (Å²) in [5, 5.41) is 11.9. The average Bonchev–Trinajstić information content (AvgIpc) is 3.50. The average molecular weight is 1050 g/mol. The molecule has 0 unspecified atom stereocenters. The molecule has 4 aliphatic rings. The number of Topliss-reactive ketones (excluding diaryl/α,β-unsaturated/α-hetero) is 3. The van der Waals surface area contributed by atoms with Crippen molar-refractivity contribution in [2.45, 2.75) is 100 Å². The molecule has 2 aliphatic carbocycles. The number of nitrogens with zero attached hydrogens (tertiary/aromatic N) is 1. The molecule has 2 heterocycles. The Morgan fingerprint density at radius 3 is 1.63 bits per heavy atom. The van der Waals surface area contributed by atoms with Crippen LogP contribution in [0.25, 0.3) is 0 Å². The molecule has 6 rings (SSSR count). The maximum absolute atomic E-state index is 12.5. The number of hydrogen-bond donors (Lipinski definition) is 1. The number of halogens is 8. The van der Waals surface area contributed by atoms with Gasteiger partial charge in [0.25, 0.3) is 0 Å². The Balaban J connectivity index is 0.000000266. The van der Waals surface area contributed by atoms with Gasteiger partial charge >= 0.3 is 55.2 Å². The van der Waals surface area contributed by atoms with Crippen LogP contribution in [-0.2, 0) is 32.5 Å². The predicted molar refractivity (Wildman–Crippen MR) is 188 cm³/mol. The summed E-state index contributed by atoms with van der Waals surface area (Å²) in [5.74, 6) is -0.763. The van der Waals surface area contributed by atoms with E-state index in [0.29, 0.717) is 74.0 Å². The molecular weight excluding hydrogens is 1020 g/mol. The van der Waals surface area contributed by atoms with E-state index in [0.717, 1.165) is 8.95 Å². The number of ether oxygens (including phenoxy) is 3. The van der Waals surface area contributed by atoms with Gasteiger partial charge in [0, 0.05) is 22.8 Å². The minimum atomic E-state index is -6.08. The van der Waals surface area contributed by atoms with Crippen LogP contribution in [0.3, 0.4) is 0 Å². The summed E-state index contributed by atoms with van der Waals surface area (Å²) in [6.45, 7) is -1.04. The molecule has 0 aromatic heterocycles. The first kappa shape index (κ1) is 46.4. The molecule has 2 fully saturated rings. The fourth-order valence-electron chi connectivity index (χ4n) is 5.78. The van der Waals surface area contributed by atoms with Gasteiger partial charge in [-0.15, -0.1) is 0 Å². The molecule has 2 spiro atoms. The van der Waals surface area contributed by atoms with Crippen molar-refractivity contribution in [3.63, 3.8) is 0 Å². The molecule has 0 bridgehead atoms. The fraction of sp³-hybridized carbons (Fsp3) is 0.500. The second kappa shape index (κ2) is 19.7. The molecule has 52 heavy (non-hydrogen) atoms. The second-order valence-electron chi connectivity index (χ2n) is 11.7. The van der Waals surface area contributed by atoms with Crippen LogP contribution < -0.4 is 9.47 Å². The molecule has 292 valence electrons. The molecule has 1 N–H and O–H groups in total. The molecule has 2 aromatic rings. The van der Waals surface area contributed by atoms with Crippen LogP contribution in [0.4, 0.5) is 21.4 Å². The topological polar surface area (TPSA) is 157 Å². The molecule has 0 atom stereocenters. The van der Waals surface area contributed by atoms with E-state index >= 15 is 0 Å². The van der Waals surface area contributed by atoms with E-state index in [2.05, 4.69) is 49.4 Å². The Kier molecular flexibility index (Phi) is 17.6. The standard InChI is InChI=1S/C14H13BrF2O3.C13H13BrO3.C3H3F3O3S.C2H3N.Cu.HI/c15-8-1-2-11-10(7-8)12(18)14(20-11)5-3-9(4-6-14)19-13(16)17;14-8-1-2-11-10(7-8)12(16)13(17-11)5-3-9(15)4-6-13;1-2(7)3(4,5)10(6,8)9;1-2-3;;/h1-2,7,9,13H,3-6H2;1-2,7,9,15H,3-6H2;1H3;1H3;;1H/q;;;;+1;/p-1. The molecular formula is C32H32Br2CuF5INO9S. The number of carbonyl (C=O) groups is 3. The van der Waals surface area contributed by atoms with Crippen molar-refractivity contribution in [1.29, 1.82) is 5.26 Å². The first-order chi connectivity index (χ1) is 24.2. The van der Waals surface area contributed by atoms with Crippen LogP contribution in [0.2, 0.25) is 0 Å². The van der Waals surface area contributed by atoms with Crippen molar-refractivity contribution in [2.24, 2.45) is 0 Å². The third kappa shape index (κ3) is 11.4. The van der Waals surface area contributed by atoms with Crippen LogP contribution in [0.5, 0.6) is 11.5 Å². The third-order valence-corrected chi connectivity index (χ3v) is 10.2. The number of alkyl halides is 4. The zero-order valence-corrected chi connectivity index (χ0v) is 34.3. The Morgan fingerprint density at radius 1 is 0.962 bits per heavy atom. The molecule has 0 saturated heterocycles. The van der Waals surface area contributed by atoms with Gasteiger partial charge in [0.05, 0.1) is 29.4 Å². The van der Waals surface area contributed by atoms with Crippen LogP contribution in [0, 0.1) is 11.3 Å².